The molecule has 0 saturated heterocycles. The zero-order chi connectivity index (χ0) is 23.2. The van der Waals surface area contributed by atoms with Crippen LogP contribution in [0.2, 0.25) is 0 Å². The minimum atomic E-state index is -0.115. The highest BCUT2D eigenvalue weighted by Crippen LogP contribution is 2.37. The fourth-order valence-electron chi connectivity index (χ4n) is 4.62. The first-order valence-electron chi connectivity index (χ1n) is 12.0. The number of nitrogens with zero attached hydrogens (tertiary/aromatic N) is 1. The predicted molar refractivity (Wildman–Crippen MR) is 127 cm³/mol. The topological polar surface area (TPSA) is 70.8 Å². The van der Waals surface area contributed by atoms with Gasteiger partial charge in [0, 0.05) is 17.4 Å². The number of carbonyl (C=O) groups is 1. The summed E-state index contributed by atoms with van der Waals surface area (Å²) in [6, 6.07) is 10.3. The van der Waals surface area contributed by atoms with Crippen molar-refractivity contribution in [2.75, 3.05) is 19.8 Å². The van der Waals surface area contributed by atoms with Gasteiger partial charge in [0.15, 0.2) is 5.58 Å². The Morgan fingerprint density at radius 2 is 2.00 bits per heavy atom. The second kappa shape index (κ2) is 10.7. The van der Waals surface area contributed by atoms with Gasteiger partial charge in [0.1, 0.15) is 11.5 Å². The number of fused-ring (bicyclic) bond motifs is 2. The summed E-state index contributed by atoms with van der Waals surface area (Å²) in [7, 11) is 0. The number of benzene rings is 2. The third-order valence-corrected chi connectivity index (χ3v) is 6.23. The number of aryl methyl sites for hydroxylation is 3. The summed E-state index contributed by atoms with van der Waals surface area (Å²) < 4.78 is 22.7. The third kappa shape index (κ3) is 5.32. The first-order chi connectivity index (χ1) is 16.1. The Hall–Kier alpha value is -3.02. The summed E-state index contributed by atoms with van der Waals surface area (Å²) in [5.41, 5.74) is 5.36. The summed E-state index contributed by atoms with van der Waals surface area (Å²) in [5.74, 6) is 1.88. The minimum Gasteiger partial charge on any atom is -0.493 e. The molecular formula is C27H33NO5. The highest BCUT2D eigenvalue weighted by molar-refractivity contribution is 5.84. The lowest BCUT2D eigenvalue weighted by atomic mass is 9.98. The maximum atomic E-state index is 11.8. The third-order valence-electron chi connectivity index (χ3n) is 6.23. The summed E-state index contributed by atoms with van der Waals surface area (Å²) >= 11 is 0. The normalized spacial score (nSPS) is 14.9. The lowest BCUT2D eigenvalue weighted by Gasteiger charge is -2.13. The van der Waals surface area contributed by atoms with Crippen molar-refractivity contribution in [1.82, 2.24) is 5.16 Å². The molecular weight excluding hydrogens is 418 g/mol. The first kappa shape index (κ1) is 23.1. The highest BCUT2D eigenvalue weighted by atomic mass is 16.5. The lowest BCUT2D eigenvalue weighted by molar-refractivity contribution is -0.143. The fraction of sp³-hybridized carbons (Fsp3) is 0.481. The van der Waals surface area contributed by atoms with Crippen LogP contribution in [-0.4, -0.2) is 30.9 Å². The standard InChI is InChI=1S/C27H33NO5/c1-4-7-24-25(13-12-22-18(3)28-33-27(22)24)32-15-6-14-31-21-10-11-23-19(16-21)8-9-20(23)17-26(29)30-5-2/h10-13,16,20H,4-9,14-15,17H2,1-3H3/t20-/m0/s1. The Morgan fingerprint density at radius 1 is 1.15 bits per heavy atom. The summed E-state index contributed by atoms with van der Waals surface area (Å²) in [5, 5.41) is 5.15. The molecule has 0 N–H and O–H groups in total. The Bertz CT molecular complexity index is 1100. The monoisotopic (exact) mass is 451 g/mol. The van der Waals surface area contributed by atoms with Crippen LogP contribution in [-0.2, 0) is 22.4 Å². The Morgan fingerprint density at radius 3 is 2.82 bits per heavy atom. The molecule has 6 nitrogen and oxygen atoms in total. The number of rotatable bonds is 11. The molecule has 1 heterocycles. The van der Waals surface area contributed by atoms with E-state index in [4.69, 9.17) is 18.7 Å². The molecule has 1 atom stereocenters. The van der Waals surface area contributed by atoms with E-state index in [1.54, 1.807) is 0 Å². The molecule has 0 aliphatic heterocycles. The number of carbonyl (C=O) groups excluding carboxylic acids is 1. The maximum Gasteiger partial charge on any atom is 0.306 e. The minimum absolute atomic E-state index is 0.115. The van der Waals surface area contributed by atoms with Gasteiger partial charge in [-0.15, -0.1) is 0 Å². The van der Waals surface area contributed by atoms with Crippen molar-refractivity contribution < 1.29 is 23.5 Å². The number of aromatic nitrogens is 1. The number of esters is 1. The van der Waals surface area contributed by atoms with E-state index in [0.717, 1.165) is 65.8 Å². The molecule has 1 aliphatic carbocycles. The SMILES string of the molecule is CCCc1c(OCCCOc2ccc3c(c2)CC[C@H]3CC(=O)OCC)ccc2c(C)noc12. The number of hydrogen-bond donors (Lipinski definition) is 0. The van der Waals surface area contributed by atoms with E-state index in [2.05, 4.69) is 24.2 Å². The molecule has 0 spiro atoms. The Balaban J connectivity index is 1.28. The second-order valence-electron chi connectivity index (χ2n) is 8.59. The molecule has 176 valence electrons. The van der Waals surface area contributed by atoms with Crippen molar-refractivity contribution in [2.45, 2.75) is 65.2 Å². The molecule has 1 aromatic heterocycles. The number of ether oxygens (including phenoxy) is 3. The van der Waals surface area contributed by atoms with Gasteiger partial charge in [-0.2, -0.15) is 0 Å². The van der Waals surface area contributed by atoms with Crippen LogP contribution in [0.1, 0.15) is 67.8 Å². The van der Waals surface area contributed by atoms with E-state index in [1.165, 1.54) is 11.1 Å². The van der Waals surface area contributed by atoms with E-state index in [9.17, 15) is 4.79 Å². The molecule has 0 saturated carbocycles. The maximum absolute atomic E-state index is 11.8. The molecule has 6 heteroatoms. The Labute approximate surface area is 195 Å². The van der Waals surface area contributed by atoms with Crippen LogP contribution >= 0.6 is 0 Å². The van der Waals surface area contributed by atoms with E-state index in [0.29, 0.717) is 26.2 Å². The number of hydrogen-bond acceptors (Lipinski definition) is 6. The summed E-state index contributed by atoms with van der Waals surface area (Å²) in [4.78, 5) is 11.8. The van der Waals surface area contributed by atoms with Gasteiger partial charge < -0.3 is 18.7 Å². The fourth-order valence-corrected chi connectivity index (χ4v) is 4.62. The zero-order valence-electron chi connectivity index (χ0n) is 19.8. The molecule has 0 amide bonds. The van der Waals surface area contributed by atoms with Crippen LogP contribution in [0.15, 0.2) is 34.9 Å². The van der Waals surface area contributed by atoms with Crippen molar-refractivity contribution in [1.29, 1.82) is 0 Å². The molecule has 0 bridgehead atoms. The molecule has 1 aliphatic rings. The van der Waals surface area contributed by atoms with Crippen molar-refractivity contribution in [2.24, 2.45) is 0 Å². The van der Waals surface area contributed by atoms with Crippen LogP contribution in [0.5, 0.6) is 11.5 Å². The van der Waals surface area contributed by atoms with Gasteiger partial charge in [0.2, 0.25) is 0 Å². The van der Waals surface area contributed by atoms with E-state index in [-0.39, 0.29) is 11.9 Å². The molecule has 0 unspecified atom stereocenters. The second-order valence-corrected chi connectivity index (χ2v) is 8.59. The average molecular weight is 452 g/mol. The van der Waals surface area contributed by atoms with E-state index < -0.39 is 0 Å². The molecule has 33 heavy (non-hydrogen) atoms. The van der Waals surface area contributed by atoms with Crippen LogP contribution < -0.4 is 9.47 Å². The van der Waals surface area contributed by atoms with Gasteiger partial charge in [0.05, 0.1) is 31.9 Å². The van der Waals surface area contributed by atoms with Crippen LogP contribution in [0, 0.1) is 6.92 Å². The van der Waals surface area contributed by atoms with Crippen molar-refractivity contribution >= 4 is 16.9 Å². The van der Waals surface area contributed by atoms with Gasteiger partial charge in [0.25, 0.3) is 0 Å². The van der Waals surface area contributed by atoms with Gasteiger partial charge in [-0.05, 0) is 74.4 Å². The molecule has 2 aromatic carbocycles. The van der Waals surface area contributed by atoms with Gasteiger partial charge in [-0.1, -0.05) is 24.6 Å². The summed E-state index contributed by atoms with van der Waals surface area (Å²) in [6.45, 7) is 7.53. The smallest absolute Gasteiger partial charge is 0.306 e. The van der Waals surface area contributed by atoms with Crippen LogP contribution in [0.3, 0.4) is 0 Å². The average Bonchev–Trinajstić information content (AvgIpc) is 3.38. The first-order valence-corrected chi connectivity index (χ1v) is 12.0. The lowest BCUT2D eigenvalue weighted by Crippen LogP contribution is -2.08. The van der Waals surface area contributed by atoms with Crippen molar-refractivity contribution in [3.8, 4) is 11.5 Å². The quantitative estimate of drug-likeness (QED) is 0.266. The largest absolute Gasteiger partial charge is 0.493 e. The Kier molecular flexibility index (Phi) is 7.53. The van der Waals surface area contributed by atoms with Crippen molar-refractivity contribution in [3.05, 3.63) is 52.7 Å². The van der Waals surface area contributed by atoms with Gasteiger partial charge in [-0.25, -0.2) is 0 Å². The predicted octanol–water partition coefficient (Wildman–Crippen LogP) is 5.92. The van der Waals surface area contributed by atoms with E-state index >= 15 is 0 Å². The molecule has 4 rings (SSSR count). The molecule has 0 radical (unpaired) electrons. The van der Waals surface area contributed by atoms with Gasteiger partial charge in [-0.3, -0.25) is 4.79 Å². The molecule has 3 aromatic rings. The zero-order valence-corrected chi connectivity index (χ0v) is 19.8. The van der Waals surface area contributed by atoms with Gasteiger partial charge >= 0.3 is 5.97 Å². The molecule has 0 fully saturated rings. The van der Waals surface area contributed by atoms with Crippen LogP contribution in [0.4, 0.5) is 0 Å². The van der Waals surface area contributed by atoms with Crippen LogP contribution in [0.25, 0.3) is 11.0 Å². The van der Waals surface area contributed by atoms with Crippen molar-refractivity contribution in [3.63, 3.8) is 0 Å². The van der Waals surface area contributed by atoms with E-state index in [1.807, 2.05) is 32.0 Å². The summed E-state index contributed by atoms with van der Waals surface area (Å²) in [6.07, 6.45) is 5.10. The highest BCUT2D eigenvalue weighted by Gasteiger charge is 2.25.